The second kappa shape index (κ2) is 27.3. The summed E-state index contributed by atoms with van der Waals surface area (Å²) < 4.78 is 0. The Labute approximate surface area is 739 Å². The first-order chi connectivity index (χ1) is 61.0. The highest BCUT2D eigenvalue weighted by Gasteiger charge is 2.56. The van der Waals surface area contributed by atoms with Gasteiger partial charge in [0.1, 0.15) is 0 Å². The van der Waals surface area contributed by atoms with Crippen LogP contribution < -0.4 is 78.6 Å². The Morgan fingerprint density at radius 1 is 0.224 bits per heavy atom. The minimum atomic E-state index is -0.438. The first-order valence-corrected chi connectivity index (χ1v) is 45.1. The Bertz CT molecular complexity index is 6870. The fraction of sp³-hybridized carbons (Fsp3) is 0.109. The molecule has 25 rings (SSSR count). The third-order valence-electron chi connectivity index (χ3n) is 27.0. The second-order valence-corrected chi connectivity index (χ2v) is 39.3. The molecule has 0 bridgehead atoms. The standard InChI is InChI=1S/C110H83B3N10S2/c1-108(2,3)70-58-73(66-34-14-10-15-35-66)100(74(59-70)67-36-16-11-17-37-67)120-87-62-72(110(7,8)9)63-88-95(87)113(98-91(120)64-89-96-104(98)124-93-52-28-22-42-77(93)111(96)79-44-30-50-85-102(79)118(89)81-46-24-26-48-83(81)122(85)106-114-54-32-55-115-106)99-92(121(88)101-75(68-38-18-12-19-39-68)60-71(109(4,5)6)61-76(101)69-40-20-13-21-41-69)65-90-97-105(99)125-94-53-29-23-43-78(94)112(97)80-45-31-51-86-103(80)119(90)82-47-25-27-49-84(82)123(86)107-116-56-33-57-117-107/h10-65H,1-9H3. The lowest BCUT2D eigenvalue weighted by molar-refractivity contribution is 0.590. The van der Waals surface area contributed by atoms with Gasteiger partial charge >= 0.3 is 0 Å². The van der Waals surface area contributed by atoms with Gasteiger partial charge in [-0.05, 0) is 203 Å². The van der Waals surface area contributed by atoms with Gasteiger partial charge < -0.3 is 19.6 Å². The highest BCUT2D eigenvalue weighted by molar-refractivity contribution is 8.00. The summed E-state index contributed by atoms with van der Waals surface area (Å²) in [5, 5.41) is 0. The van der Waals surface area contributed by atoms with Crippen LogP contribution >= 0.6 is 23.5 Å². The average molecular weight is 1640 g/mol. The molecule has 8 aliphatic rings. The Kier molecular flexibility index (Phi) is 16.1. The van der Waals surface area contributed by atoms with Crippen molar-refractivity contribution >= 4 is 196 Å². The van der Waals surface area contributed by atoms with Gasteiger partial charge in [0.2, 0.25) is 25.3 Å². The van der Waals surface area contributed by atoms with Crippen molar-refractivity contribution in [1.29, 1.82) is 0 Å². The van der Waals surface area contributed by atoms with Gasteiger partial charge in [-0.15, -0.1) is 0 Å². The Balaban J connectivity index is 0.908. The van der Waals surface area contributed by atoms with Crippen molar-refractivity contribution in [3.8, 4) is 44.5 Å². The number of anilines is 18. The molecule has 0 unspecified atom stereocenters. The third kappa shape index (κ3) is 10.9. The van der Waals surface area contributed by atoms with E-state index in [2.05, 4.69) is 395 Å². The minimum Gasteiger partial charge on any atom is -0.310 e. The highest BCUT2D eigenvalue weighted by Crippen LogP contribution is 2.63. The molecule has 0 saturated carbocycles. The zero-order valence-electron chi connectivity index (χ0n) is 70.9. The number of hydrogen-bond acceptors (Lipinski definition) is 12. The lowest BCUT2D eigenvalue weighted by Crippen LogP contribution is -2.68. The molecule has 15 heteroatoms. The maximum Gasteiger partial charge on any atom is 0.255 e. The third-order valence-corrected chi connectivity index (χ3v) is 29.5. The number of hydrogen-bond donors (Lipinski definition) is 0. The minimum absolute atomic E-state index is 0.220. The van der Waals surface area contributed by atoms with Crippen molar-refractivity contribution in [2.45, 2.75) is 98.1 Å². The van der Waals surface area contributed by atoms with Crippen molar-refractivity contribution < 1.29 is 0 Å². The molecule has 0 aliphatic carbocycles. The number of benzene rings is 15. The van der Waals surface area contributed by atoms with Gasteiger partial charge in [-0.25, -0.2) is 19.9 Å². The Hall–Kier alpha value is -13.8. The van der Waals surface area contributed by atoms with Crippen LogP contribution in [-0.2, 0) is 16.2 Å². The molecule has 0 radical (unpaired) electrons. The van der Waals surface area contributed by atoms with Crippen LogP contribution in [0.5, 0.6) is 0 Å². The summed E-state index contributed by atoms with van der Waals surface area (Å²) in [5.74, 6) is 1.23. The summed E-state index contributed by atoms with van der Waals surface area (Å²) in [6.45, 7) is 20.7. The van der Waals surface area contributed by atoms with Crippen LogP contribution in [0.4, 0.5) is 103 Å². The first kappa shape index (κ1) is 73.8. The smallest absolute Gasteiger partial charge is 0.255 e. The Morgan fingerprint density at radius 2 is 0.496 bits per heavy atom. The van der Waals surface area contributed by atoms with E-state index in [9.17, 15) is 0 Å². The summed E-state index contributed by atoms with van der Waals surface area (Å²) in [6.07, 6.45) is 7.47. The highest BCUT2D eigenvalue weighted by atomic mass is 32.2. The van der Waals surface area contributed by atoms with Crippen LogP contribution in [0, 0.1) is 0 Å². The van der Waals surface area contributed by atoms with Crippen molar-refractivity contribution in [3.63, 3.8) is 0 Å². The lowest BCUT2D eigenvalue weighted by atomic mass is 9.29. The van der Waals surface area contributed by atoms with Crippen LogP contribution in [0.15, 0.2) is 360 Å². The molecule has 594 valence electrons. The average Bonchev–Trinajstić information content (AvgIpc) is 0.659. The van der Waals surface area contributed by atoms with Gasteiger partial charge in [-0.3, -0.25) is 9.80 Å². The number of para-hydroxylation sites is 6. The molecule has 125 heavy (non-hydrogen) atoms. The van der Waals surface area contributed by atoms with E-state index in [1.165, 1.54) is 85.4 Å². The molecule has 0 spiro atoms. The van der Waals surface area contributed by atoms with Crippen LogP contribution in [0.2, 0.25) is 0 Å². The van der Waals surface area contributed by atoms with Crippen molar-refractivity contribution in [3.05, 3.63) is 357 Å². The van der Waals surface area contributed by atoms with Gasteiger partial charge in [-0.2, -0.15) is 0 Å². The molecule has 0 amide bonds. The molecule has 15 aromatic carbocycles. The summed E-state index contributed by atoms with van der Waals surface area (Å²) in [6, 6.07) is 121. The van der Waals surface area contributed by atoms with Gasteiger partial charge in [0.25, 0.3) is 6.71 Å². The number of nitrogens with zero attached hydrogens (tertiary/aromatic N) is 10. The molecule has 17 aromatic rings. The fourth-order valence-corrected chi connectivity index (χ4v) is 24.1. The summed E-state index contributed by atoms with van der Waals surface area (Å²) in [5.41, 5.74) is 40.6. The van der Waals surface area contributed by atoms with Crippen molar-refractivity contribution in [2.24, 2.45) is 0 Å². The summed E-state index contributed by atoms with van der Waals surface area (Å²) >= 11 is 3.95. The van der Waals surface area contributed by atoms with E-state index < -0.39 is 12.1 Å². The van der Waals surface area contributed by atoms with Gasteiger partial charge in [0.05, 0.1) is 56.9 Å². The first-order valence-electron chi connectivity index (χ1n) is 43.5. The van der Waals surface area contributed by atoms with Crippen LogP contribution in [-0.4, -0.2) is 40.1 Å². The van der Waals surface area contributed by atoms with Gasteiger partial charge in [0, 0.05) is 101 Å². The predicted octanol–water partition coefficient (Wildman–Crippen LogP) is 23.0. The van der Waals surface area contributed by atoms with E-state index in [1.807, 2.05) is 60.4 Å². The van der Waals surface area contributed by atoms with E-state index >= 15 is 0 Å². The number of rotatable bonds is 8. The van der Waals surface area contributed by atoms with Crippen molar-refractivity contribution in [1.82, 2.24) is 19.9 Å². The van der Waals surface area contributed by atoms with E-state index in [-0.39, 0.29) is 24.3 Å². The number of fused-ring (bicyclic) bond motifs is 18. The van der Waals surface area contributed by atoms with E-state index in [1.54, 1.807) is 0 Å². The molecule has 2 aromatic heterocycles. The summed E-state index contributed by atoms with van der Waals surface area (Å²) in [7, 11) is 0. The monoisotopic (exact) mass is 1640 g/mol. The molecule has 10 heterocycles. The predicted molar refractivity (Wildman–Crippen MR) is 526 cm³/mol. The SMILES string of the molecule is CC(C)(C)c1cc(-c2ccccc2)c(N2c3cc(C(C)(C)C)cc4c3B(c3c2cc2c5c3Sc3ccccc3B5c3cccc5c3N2c2ccccc2N5c2ncccn2)c2c(cc3c5c2Sc2ccccc2B5c2cccc5c2N3c2ccccc2N5c2ncccn2)N4c2c(-c3ccccc3)cc(C(C)(C)C)cc2-c2ccccc2)c(-c2ccccc2)c1. The molecule has 0 saturated heterocycles. The zero-order valence-corrected chi connectivity index (χ0v) is 72.5. The molecule has 0 fully saturated rings. The normalized spacial score (nSPS) is 14.2. The zero-order chi connectivity index (χ0) is 83.8. The largest absolute Gasteiger partial charge is 0.310 e. The van der Waals surface area contributed by atoms with Gasteiger partial charge in [-0.1, -0.05) is 303 Å². The number of aromatic nitrogens is 4. The Morgan fingerprint density at radius 3 is 0.840 bits per heavy atom. The van der Waals surface area contributed by atoms with Crippen LogP contribution in [0.1, 0.15) is 79.0 Å². The van der Waals surface area contributed by atoms with E-state index in [4.69, 9.17) is 19.9 Å². The maximum atomic E-state index is 5.09. The lowest BCUT2D eigenvalue weighted by Gasteiger charge is -2.51. The van der Waals surface area contributed by atoms with Gasteiger partial charge in [0.15, 0.2) is 0 Å². The maximum absolute atomic E-state index is 5.09. The molecule has 0 N–H and O–H groups in total. The quantitative estimate of drug-likeness (QED) is 0.136. The van der Waals surface area contributed by atoms with E-state index in [0.717, 1.165) is 136 Å². The molecule has 10 nitrogen and oxygen atoms in total. The second-order valence-electron chi connectivity index (χ2n) is 37.2. The molecular weight excluding hydrogens is 1560 g/mol. The van der Waals surface area contributed by atoms with E-state index in [0.29, 0.717) is 11.9 Å². The molecular formula is C110H83B3N10S2. The van der Waals surface area contributed by atoms with Crippen molar-refractivity contribution in [2.75, 3.05) is 29.4 Å². The molecule has 8 aliphatic heterocycles. The van der Waals surface area contributed by atoms with Crippen LogP contribution in [0.3, 0.4) is 0 Å². The summed E-state index contributed by atoms with van der Waals surface area (Å²) in [4.78, 5) is 40.9. The van der Waals surface area contributed by atoms with Crippen LogP contribution in [0.25, 0.3) is 44.5 Å². The fourth-order valence-electron chi connectivity index (χ4n) is 21.4. The topological polar surface area (TPSA) is 71.0 Å². The molecule has 0 atom stereocenters.